The van der Waals surface area contributed by atoms with E-state index in [0.29, 0.717) is 0 Å². The minimum Gasteiger partial charge on any atom is -0.315 e. The Balaban J connectivity index is 1.69. The Labute approximate surface area is 113 Å². The normalized spacial score (nSPS) is 35.0. The SMILES string of the molecule is CCCN(C1CCNC1)C1CCC12CCCCC2. The van der Waals surface area contributed by atoms with Gasteiger partial charge in [-0.2, -0.15) is 0 Å². The van der Waals surface area contributed by atoms with Gasteiger partial charge in [-0.25, -0.2) is 0 Å². The first-order chi connectivity index (χ1) is 8.86. The van der Waals surface area contributed by atoms with Gasteiger partial charge in [0.15, 0.2) is 0 Å². The molecule has 1 spiro atoms. The predicted octanol–water partition coefficient (Wildman–Crippen LogP) is 3.17. The van der Waals surface area contributed by atoms with Crippen LogP contribution in [0.4, 0.5) is 0 Å². The quantitative estimate of drug-likeness (QED) is 0.824. The average Bonchev–Trinajstić information content (AvgIpc) is 2.92. The van der Waals surface area contributed by atoms with Gasteiger partial charge in [-0.3, -0.25) is 4.90 Å². The first kappa shape index (κ1) is 12.9. The lowest BCUT2D eigenvalue weighted by Gasteiger charge is -2.57. The molecule has 104 valence electrons. The molecule has 2 heteroatoms. The lowest BCUT2D eigenvalue weighted by molar-refractivity contribution is -0.0678. The van der Waals surface area contributed by atoms with E-state index in [4.69, 9.17) is 0 Å². The maximum atomic E-state index is 3.56. The maximum absolute atomic E-state index is 3.56. The second kappa shape index (κ2) is 5.50. The molecule has 3 fully saturated rings. The van der Waals surface area contributed by atoms with Crippen molar-refractivity contribution in [3.05, 3.63) is 0 Å². The van der Waals surface area contributed by atoms with Gasteiger partial charge in [0.2, 0.25) is 0 Å². The molecule has 1 aliphatic heterocycles. The first-order valence-corrected chi connectivity index (χ1v) is 8.32. The molecule has 2 atom stereocenters. The van der Waals surface area contributed by atoms with Gasteiger partial charge in [0, 0.05) is 18.6 Å². The van der Waals surface area contributed by atoms with Gasteiger partial charge in [-0.1, -0.05) is 26.2 Å². The Morgan fingerprint density at radius 3 is 2.50 bits per heavy atom. The Kier molecular flexibility index (Phi) is 3.95. The fourth-order valence-electron chi connectivity index (χ4n) is 4.81. The van der Waals surface area contributed by atoms with E-state index < -0.39 is 0 Å². The van der Waals surface area contributed by atoms with E-state index in [2.05, 4.69) is 17.1 Å². The summed E-state index contributed by atoms with van der Waals surface area (Å²) in [6.45, 7) is 6.16. The highest BCUT2D eigenvalue weighted by Gasteiger charge is 2.50. The van der Waals surface area contributed by atoms with Gasteiger partial charge < -0.3 is 5.32 Å². The predicted molar refractivity (Wildman–Crippen MR) is 76.8 cm³/mol. The van der Waals surface area contributed by atoms with E-state index in [-0.39, 0.29) is 0 Å². The summed E-state index contributed by atoms with van der Waals surface area (Å²) in [5, 5.41) is 3.56. The van der Waals surface area contributed by atoms with Crippen molar-refractivity contribution < 1.29 is 0 Å². The van der Waals surface area contributed by atoms with Crippen LogP contribution in [0, 0.1) is 5.41 Å². The van der Waals surface area contributed by atoms with Crippen LogP contribution in [-0.2, 0) is 0 Å². The summed E-state index contributed by atoms with van der Waals surface area (Å²) in [5.74, 6) is 0. The molecule has 18 heavy (non-hydrogen) atoms. The smallest absolute Gasteiger partial charge is 0.0235 e. The molecule has 2 aliphatic carbocycles. The monoisotopic (exact) mass is 250 g/mol. The molecule has 3 rings (SSSR count). The van der Waals surface area contributed by atoms with Crippen LogP contribution in [0.25, 0.3) is 0 Å². The highest BCUT2D eigenvalue weighted by atomic mass is 15.2. The Hall–Kier alpha value is -0.0800. The van der Waals surface area contributed by atoms with Crippen molar-refractivity contribution in [3.8, 4) is 0 Å². The molecule has 0 aromatic rings. The number of hydrogen-bond donors (Lipinski definition) is 1. The fraction of sp³-hybridized carbons (Fsp3) is 1.00. The molecule has 0 amide bonds. The molecule has 0 bridgehead atoms. The van der Waals surface area contributed by atoms with Crippen molar-refractivity contribution in [2.45, 2.75) is 76.8 Å². The van der Waals surface area contributed by atoms with E-state index >= 15 is 0 Å². The minimum absolute atomic E-state index is 0.746. The highest BCUT2D eigenvalue weighted by molar-refractivity contribution is 5.04. The first-order valence-electron chi connectivity index (χ1n) is 8.32. The van der Waals surface area contributed by atoms with Gasteiger partial charge in [-0.15, -0.1) is 0 Å². The van der Waals surface area contributed by atoms with Crippen molar-refractivity contribution in [1.82, 2.24) is 10.2 Å². The standard InChI is InChI=1S/C16H30N2/c1-2-12-18(14-7-11-17-13-14)15-6-10-16(15)8-4-3-5-9-16/h14-15,17H,2-13H2,1H3. The van der Waals surface area contributed by atoms with Gasteiger partial charge >= 0.3 is 0 Å². The zero-order valence-corrected chi connectivity index (χ0v) is 12.1. The van der Waals surface area contributed by atoms with Gasteiger partial charge in [0.1, 0.15) is 0 Å². The van der Waals surface area contributed by atoms with Crippen LogP contribution in [0.3, 0.4) is 0 Å². The molecule has 0 aromatic heterocycles. The van der Waals surface area contributed by atoms with E-state index in [0.717, 1.165) is 17.5 Å². The lowest BCUT2D eigenvalue weighted by atomic mass is 9.56. The van der Waals surface area contributed by atoms with Crippen LogP contribution < -0.4 is 5.32 Å². The maximum Gasteiger partial charge on any atom is 0.0235 e. The van der Waals surface area contributed by atoms with Gasteiger partial charge in [-0.05, 0) is 57.0 Å². The lowest BCUT2D eigenvalue weighted by Crippen LogP contribution is -2.59. The second-order valence-electron chi connectivity index (χ2n) is 6.86. The summed E-state index contributed by atoms with van der Waals surface area (Å²) < 4.78 is 0. The Morgan fingerprint density at radius 2 is 1.94 bits per heavy atom. The molecule has 2 unspecified atom stereocenters. The molecule has 1 saturated heterocycles. The molecule has 2 nitrogen and oxygen atoms in total. The number of rotatable bonds is 4. The van der Waals surface area contributed by atoms with Crippen LogP contribution >= 0.6 is 0 Å². The van der Waals surface area contributed by atoms with Crippen LogP contribution in [0.15, 0.2) is 0 Å². The summed E-state index contributed by atoms with van der Waals surface area (Å²) in [4.78, 5) is 2.91. The highest BCUT2D eigenvalue weighted by Crippen LogP contribution is 2.54. The van der Waals surface area contributed by atoms with Crippen LogP contribution in [0.2, 0.25) is 0 Å². The molecular weight excluding hydrogens is 220 g/mol. The Morgan fingerprint density at radius 1 is 1.11 bits per heavy atom. The summed E-state index contributed by atoms with van der Waals surface area (Å²) in [5.41, 5.74) is 0.746. The Bertz CT molecular complexity index is 264. The zero-order chi connectivity index (χ0) is 12.4. The minimum atomic E-state index is 0.746. The van der Waals surface area contributed by atoms with E-state index in [1.165, 1.54) is 77.4 Å². The van der Waals surface area contributed by atoms with Crippen LogP contribution in [0.5, 0.6) is 0 Å². The van der Waals surface area contributed by atoms with Crippen molar-refractivity contribution in [1.29, 1.82) is 0 Å². The van der Waals surface area contributed by atoms with Crippen LogP contribution in [0.1, 0.15) is 64.7 Å². The fourth-order valence-corrected chi connectivity index (χ4v) is 4.81. The van der Waals surface area contributed by atoms with Crippen molar-refractivity contribution in [2.24, 2.45) is 5.41 Å². The molecular formula is C16H30N2. The van der Waals surface area contributed by atoms with Gasteiger partial charge in [0.25, 0.3) is 0 Å². The number of hydrogen-bond acceptors (Lipinski definition) is 2. The van der Waals surface area contributed by atoms with Gasteiger partial charge in [0.05, 0.1) is 0 Å². The largest absolute Gasteiger partial charge is 0.315 e. The second-order valence-corrected chi connectivity index (χ2v) is 6.86. The molecule has 1 N–H and O–H groups in total. The average molecular weight is 250 g/mol. The molecule has 0 aromatic carbocycles. The molecule has 0 radical (unpaired) electrons. The van der Waals surface area contributed by atoms with E-state index in [9.17, 15) is 0 Å². The van der Waals surface area contributed by atoms with Crippen molar-refractivity contribution >= 4 is 0 Å². The molecule has 3 aliphatic rings. The van der Waals surface area contributed by atoms with E-state index in [1.54, 1.807) is 0 Å². The summed E-state index contributed by atoms with van der Waals surface area (Å²) in [6, 6.07) is 1.77. The molecule has 2 saturated carbocycles. The molecule has 1 heterocycles. The number of nitrogens with one attached hydrogen (secondary N) is 1. The van der Waals surface area contributed by atoms with Crippen LogP contribution in [-0.4, -0.2) is 36.6 Å². The number of nitrogens with zero attached hydrogens (tertiary/aromatic N) is 1. The summed E-state index contributed by atoms with van der Waals surface area (Å²) in [7, 11) is 0. The topological polar surface area (TPSA) is 15.3 Å². The third-order valence-electron chi connectivity index (χ3n) is 5.86. The van der Waals surface area contributed by atoms with Crippen molar-refractivity contribution in [3.63, 3.8) is 0 Å². The van der Waals surface area contributed by atoms with E-state index in [1.807, 2.05) is 0 Å². The zero-order valence-electron chi connectivity index (χ0n) is 12.1. The summed E-state index contributed by atoms with van der Waals surface area (Å²) >= 11 is 0. The van der Waals surface area contributed by atoms with Crippen molar-refractivity contribution in [2.75, 3.05) is 19.6 Å². The third kappa shape index (κ3) is 2.22. The summed E-state index contributed by atoms with van der Waals surface area (Å²) in [6.07, 6.45) is 13.3. The third-order valence-corrected chi connectivity index (χ3v) is 5.86.